The van der Waals surface area contributed by atoms with E-state index in [1.165, 1.54) is 10.5 Å². The van der Waals surface area contributed by atoms with Gasteiger partial charge in [0, 0.05) is 43.7 Å². The highest BCUT2D eigenvalue weighted by molar-refractivity contribution is 14.0. The van der Waals surface area contributed by atoms with Crippen LogP contribution >= 0.6 is 35.7 Å². The number of halogens is 1. The van der Waals surface area contributed by atoms with Crippen molar-refractivity contribution >= 4 is 41.7 Å². The van der Waals surface area contributed by atoms with Crippen molar-refractivity contribution in [3.63, 3.8) is 0 Å². The molecule has 0 spiro atoms. The molecule has 0 aromatic heterocycles. The van der Waals surface area contributed by atoms with Crippen LogP contribution in [0.5, 0.6) is 0 Å². The molecule has 1 aromatic carbocycles. The van der Waals surface area contributed by atoms with Gasteiger partial charge in [-0.3, -0.25) is 9.89 Å². The minimum absolute atomic E-state index is 0. The third-order valence-corrected chi connectivity index (χ3v) is 4.58. The third kappa shape index (κ3) is 8.58. The van der Waals surface area contributed by atoms with Gasteiger partial charge in [0.1, 0.15) is 0 Å². The van der Waals surface area contributed by atoms with E-state index in [0.717, 1.165) is 25.6 Å². The molecule has 1 aromatic rings. The molecule has 0 aliphatic carbocycles. The van der Waals surface area contributed by atoms with Crippen LogP contribution < -0.4 is 10.6 Å². The number of nitrogens with zero attached hydrogens (tertiary/aromatic N) is 2. The molecule has 0 bridgehead atoms. The molecule has 0 amide bonds. The van der Waals surface area contributed by atoms with Crippen molar-refractivity contribution in [1.82, 2.24) is 15.5 Å². The molecular formula is C18H33IN4S. The SMILES string of the molecule is CN=C(NCCN(C(C)C)C(C)C)NCc1ccc(SC)cc1.I. The molecule has 0 radical (unpaired) electrons. The van der Waals surface area contributed by atoms with Crippen molar-refractivity contribution in [2.75, 3.05) is 26.4 Å². The maximum absolute atomic E-state index is 4.30. The molecule has 0 fully saturated rings. The van der Waals surface area contributed by atoms with Crippen LogP contribution in [0.1, 0.15) is 33.3 Å². The van der Waals surface area contributed by atoms with E-state index in [1.807, 2.05) is 7.05 Å². The summed E-state index contributed by atoms with van der Waals surface area (Å²) in [5.41, 5.74) is 1.26. The standard InChI is InChI=1S/C18H32N4S.HI/c1-14(2)22(15(3)4)12-11-20-18(19-5)21-13-16-7-9-17(23-6)10-8-16;/h7-10,14-15H,11-13H2,1-6H3,(H2,19,20,21);1H. The van der Waals surface area contributed by atoms with Crippen LogP contribution in [0.4, 0.5) is 0 Å². The molecule has 1 rings (SSSR count). The zero-order chi connectivity index (χ0) is 17.2. The van der Waals surface area contributed by atoms with Crippen molar-refractivity contribution in [3.05, 3.63) is 29.8 Å². The molecule has 0 heterocycles. The Balaban J connectivity index is 0.00000529. The quantitative estimate of drug-likeness (QED) is 0.266. The highest BCUT2D eigenvalue weighted by Crippen LogP contribution is 2.14. The van der Waals surface area contributed by atoms with Crippen LogP contribution in [0.3, 0.4) is 0 Å². The highest BCUT2D eigenvalue weighted by atomic mass is 127. The third-order valence-electron chi connectivity index (χ3n) is 3.83. The van der Waals surface area contributed by atoms with E-state index in [1.54, 1.807) is 11.8 Å². The van der Waals surface area contributed by atoms with Crippen LogP contribution in [-0.2, 0) is 6.54 Å². The Morgan fingerprint density at radius 2 is 1.67 bits per heavy atom. The van der Waals surface area contributed by atoms with Gasteiger partial charge in [-0.25, -0.2) is 0 Å². The molecule has 2 N–H and O–H groups in total. The summed E-state index contributed by atoms with van der Waals surface area (Å²) in [6.07, 6.45) is 2.09. The molecule has 4 nitrogen and oxygen atoms in total. The molecular weight excluding hydrogens is 431 g/mol. The van der Waals surface area contributed by atoms with Crippen LogP contribution in [0.25, 0.3) is 0 Å². The zero-order valence-corrected chi connectivity index (χ0v) is 18.9. The number of rotatable bonds is 8. The Labute approximate surface area is 169 Å². The number of hydrogen-bond donors (Lipinski definition) is 2. The lowest BCUT2D eigenvalue weighted by Crippen LogP contribution is -2.45. The summed E-state index contributed by atoms with van der Waals surface area (Å²) in [7, 11) is 1.81. The summed E-state index contributed by atoms with van der Waals surface area (Å²) in [4.78, 5) is 8.06. The van der Waals surface area contributed by atoms with Crippen molar-refractivity contribution in [1.29, 1.82) is 0 Å². The van der Waals surface area contributed by atoms with E-state index in [0.29, 0.717) is 12.1 Å². The van der Waals surface area contributed by atoms with Crippen molar-refractivity contribution in [3.8, 4) is 0 Å². The fourth-order valence-corrected chi connectivity index (χ4v) is 2.97. The normalized spacial score (nSPS) is 11.8. The molecule has 0 aliphatic heterocycles. The van der Waals surface area contributed by atoms with Crippen molar-refractivity contribution in [2.24, 2.45) is 4.99 Å². The van der Waals surface area contributed by atoms with Gasteiger partial charge >= 0.3 is 0 Å². The highest BCUT2D eigenvalue weighted by Gasteiger charge is 2.12. The average Bonchev–Trinajstić information content (AvgIpc) is 2.54. The Bertz CT molecular complexity index is 466. The first-order valence-corrected chi connectivity index (χ1v) is 9.53. The fourth-order valence-electron chi connectivity index (χ4n) is 2.57. The Kier molecular flexibility index (Phi) is 12.6. The predicted octanol–water partition coefficient (Wildman–Crippen LogP) is 3.81. The van der Waals surface area contributed by atoms with E-state index in [4.69, 9.17) is 0 Å². The van der Waals surface area contributed by atoms with Crippen LogP contribution in [0.15, 0.2) is 34.2 Å². The summed E-state index contributed by atoms with van der Waals surface area (Å²) < 4.78 is 0. The minimum atomic E-state index is 0. The number of thioether (sulfide) groups is 1. The largest absolute Gasteiger partial charge is 0.355 e. The molecule has 138 valence electrons. The van der Waals surface area contributed by atoms with Gasteiger partial charge in [0.15, 0.2) is 5.96 Å². The van der Waals surface area contributed by atoms with Crippen LogP contribution in [0, 0.1) is 0 Å². The molecule has 6 heteroatoms. The lowest BCUT2D eigenvalue weighted by molar-refractivity contribution is 0.178. The molecule has 0 saturated carbocycles. The zero-order valence-electron chi connectivity index (χ0n) is 15.8. The summed E-state index contributed by atoms with van der Waals surface area (Å²) in [6, 6.07) is 9.74. The summed E-state index contributed by atoms with van der Waals surface area (Å²) in [5.74, 6) is 0.853. The Hall–Kier alpha value is -0.470. The second kappa shape index (κ2) is 12.8. The topological polar surface area (TPSA) is 39.7 Å². The van der Waals surface area contributed by atoms with E-state index in [2.05, 4.69) is 78.7 Å². The number of benzene rings is 1. The first kappa shape index (κ1) is 23.5. The number of nitrogens with one attached hydrogen (secondary N) is 2. The maximum atomic E-state index is 4.30. The minimum Gasteiger partial charge on any atom is -0.355 e. The van der Waals surface area contributed by atoms with Crippen molar-refractivity contribution < 1.29 is 0 Å². The van der Waals surface area contributed by atoms with E-state index < -0.39 is 0 Å². The molecule has 0 saturated heterocycles. The smallest absolute Gasteiger partial charge is 0.191 e. The van der Waals surface area contributed by atoms with Gasteiger partial charge in [0.05, 0.1) is 0 Å². The van der Waals surface area contributed by atoms with Gasteiger partial charge in [0.25, 0.3) is 0 Å². The Morgan fingerprint density at radius 1 is 1.08 bits per heavy atom. The van der Waals surface area contributed by atoms with Gasteiger partial charge < -0.3 is 10.6 Å². The maximum Gasteiger partial charge on any atom is 0.191 e. The summed E-state index contributed by atoms with van der Waals surface area (Å²) in [5, 5.41) is 6.76. The lowest BCUT2D eigenvalue weighted by atomic mass is 10.2. The number of aliphatic imine (C=N–C) groups is 1. The second-order valence-electron chi connectivity index (χ2n) is 6.13. The molecule has 0 unspecified atom stereocenters. The first-order chi connectivity index (χ1) is 11.0. The van der Waals surface area contributed by atoms with Crippen molar-refractivity contribution in [2.45, 2.75) is 51.2 Å². The average molecular weight is 464 g/mol. The van der Waals surface area contributed by atoms with Crippen LogP contribution in [0.2, 0.25) is 0 Å². The lowest BCUT2D eigenvalue weighted by Gasteiger charge is -2.30. The monoisotopic (exact) mass is 464 g/mol. The molecule has 0 aliphatic rings. The first-order valence-electron chi connectivity index (χ1n) is 8.31. The second-order valence-corrected chi connectivity index (χ2v) is 7.01. The predicted molar refractivity (Wildman–Crippen MR) is 119 cm³/mol. The molecule has 24 heavy (non-hydrogen) atoms. The van der Waals surface area contributed by atoms with E-state index >= 15 is 0 Å². The van der Waals surface area contributed by atoms with E-state index in [-0.39, 0.29) is 24.0 Å². The number of hydrogen-bond acceptors (Lipinski definition) is 3. The van der Waals surface area contributed by atoms with Crippen LogP contribution in [-0.4, -0.2) is 49.3 Å². The van der Waals surface area contributed by atoms with Gasteiger partial charge in [-0.15, -0.1) is 35.7 Å². The molecule has 0 atom stereocenters. The van der Waals surface area contributed by atoms with Gasteiger partial charge in [-0.1, -0.05) is 12.1 Å². The fraction of sp³-hybridized carbons (Fsp3) is 0.611. The number of guanidine groups is 1. The van der Waals surface area contributed by atoms with Gasteiger partial charge in [-0.05, 0) is 51.6 Å². The van der Waals surface area contributed by atoms with Gasteiger partial charge in [0.2, 0.25) is 0 Å². The summed E-state index contributed by atoms with van der Waals surface area (Å²) in [6.45, 7) is 11.7. The Morgan fingerprint density at radius 3 is 2.12 bits per heavy atom. The summed E-state index contributed by atoms with van der Waals surface area (Å²) >= 11 is 1.76. The van der Waals surface area contributed by atoms with E-state index in [9.17, 15) is 0 Å². The van der Waals surface area contributed by atoms with Gasteiger partial charge in [-0.2, -0.15) is 0 Å².